The van der Waals surface area contributed by atoms with E-state index in [-0.39, 0.29) is 53.6 Å². The van der Waals surface area contributed by atoms with Gasteiger partial charge in [-0.3, -0.25) is 9.59 Å². The molecule has 1 amide bonds. The number of aromatic nitrogens is 2. The molecule has 4 aromatic rings. The fourth-order valence-corrected chi connectivity index (χ4v) is 8.54. The Labute approximate surface area is 300 Å². The van der Waals surface area contributed by atoms with Crippen molar-refractivity contribution in [2.75, 3.05) is 17.7 Å². The number of sulfonamides is 1. The number of carbonyl (C=O) groups excluding carboxylic acids is 3. The molecule has 7 rings (SSSR count). The number of anilines is 1. The summed E-state index contributed by atoms with van der Waals surface area (Å²) in [5.74, 6) is -2.53. The number of carbonyl (C=O) groups is 3. The smallest absolute Gasteiger partial charge is 0.360 e. The van der Waals surface area contributed by atoms with E-state index < -0.39 is 57.4 Å². The number of amides is 1. The zero-order valence-electron chi connectivity index (χ0n) is 29.6. The van der Waals surface area contributed by atoms with Gasteiger partial charge in [0.25, 0.3) is 0 Å². The maximum atomic E-state index is 14.1. The van der Waals surface area contributed by atoms with Gasteiger partial charge in [-0.1, -0.05) is 58.0 Å². The number of benzene rings is 2. The van der Waals surface area contributed by atoms with Crippen molar-refractivity contribution < 1.29 is 46.2 Å². The Hall–Kier alpha value is -5.02. The highest BCUT2D eigenvalue weighted by Gasteiger charge is 2.65. The first-order chi connectivity index (χ1) is 24.7. The second-order valence-corrected chi connectivity index (χ2v) is 16.1. The molecule has 15 heteroatoms. The Kier molecular flexibility index (Phi) is 8.77. The molecule has 2 unspecified atom stereocenters. The summed E-state index contributed by atoms with van der Waals surface area (Å²) in [6.07, 6.45) is 0.275. The normalized spacial score (nSPS) is 22.8. The van der Waals surface area contributed by atoms with Gasteiger partial charge in [-0.2, -0.15) is 0 Å². The number of ketones is 1. The average Bonchev–Trinajstić information content (AvgIpc) is 3.88. The molecule has 2 aromatic carbocycles. The van der Waals surface area contributed by atoms with Crippen molar-refractivity contribution >= 4 is 33.4 Å². The zero-order valence-corrected chi connectivity index (χ0v) is 30.4. The molecule has 2 N–H and O–H groups in total. The molecule has 0 saturated carbocycles. The van der Waals surface area contributed by atoms with E-state index in [0.29, 0.717) is 29.0 Å². The fraction of sp³-hybridized carbons (Fsp3) is 0.432. The van der Waals surface area contributed by atoms with Crippen LogP contribution in [0.1, 0.15) is 85.4 Å². The van der Waals surface area contributed by atoms with E-state index in [1.54, 1.807) is 38.1 Å². The van der Waals surface area contributed by atoms with Gasteiger partial charge in [0.2, 0.25) is 33.9 Å². The quantitative estimate of drug-likeness (QED) is 0.245. The number of esters is 1. The first-order valence-electron chi connectivity index (χ1n) is 17.1. The van der Waals surface area contributed by atoms with Gasteiger partial charge in [0.15, 0.2) is 22.9 Å². The van der Waals surface area contributed by atoms with E-state index in [1.165, 1.54) is 11.4 Å². The molecule has 5 heterocycles. The number of aliphatic hydroxyl groups excluding tert-OH is 1. The maximum absolute atomic E-state index is 14.1. The number of aliphatic hydroxyl groups is 1. The van der Waals surface area contributed by atoms with E-state index in [2.05, 4.69) is 10.3 Å². The van der Waals surface area contributed by atoms with Gasteiger partial charge in [-0.25, -0.2) is 27.5 Å². The Morgan fingerprint density at radius 3 is 2.56 bits per heavy atom. The molecule has 3 aliphatic rings. The summed E-state index contributed by atoms with van der Waals surface area (Å²) in [5.41, 5.74) is 0.760. The summed E-state index contributed by atoms with van der Waals surface area (Å²) >= 11 is 0. The van der Waals surface area contributed by atoms with Crippen LogP contribution in [0.5, 0.6) is 5.75 Å². The first kappa shape index (κ1) is 35.4. The van der Waals surface area contributed by atoms with Crippen LogP contribution in [0.3, 0.4) is 0 Å². The predicted octanol–water partition coefficient (Wildman–Crippen LogP) is 4.30. The van der Waals surface area contributed by atoms with Crippen LogP contribution in [0.25, 0.3) is 11.6 Å². The van der Waals surface area contributed by atoms with Crippen LogP contribution in [-0.2, 0) is 36.2 Å². The van der Waals surface area contributed by atoms with Gasteiger partial charge >= 0.3 is 5.97 Å². The van der Waals surface area contributed by atoms with Gasteiger partial charge in [-0.15, -0.1) is 0 Å². The summed E-state index contributed by atoms with van der Waals surface area (Å²) in [7, 11) is -2.75. The van der Waals surface area contributed by atoms with E-state index in [9.17, 15) is 27.9 Å². The van der Waals surface area contributed by atoms with E-state index in [0.717, 1.165) is 18.1 Å². The third kappa shape index (κ3) is 5.57. The molecule has 274 valence electrons. The van der Waals surface area contributed by atoms with Crippen molar-refractivity contribution in [3.63, 3.8) is 0 Å². The monoisotopic (exact) mass is 732 g/mol. The van der Waals surface area contributed by atoms with Crippen molar-refractivity contribution in [1.82, 2.24) is 15.3 Å². The summed E-state index contributed by atoms with van der Waals surface area (Å²) in [6, 6.07) is 11.7. The molecule has 4 bridgehead atoms. The number of ether oxygens (including phenoxy) is 2. The van der Waals surface area contributed by atoms with Crippen molar-refractivity contribution in [2.24, 2.45) is 17.8 Å². The number of hydrogen-bond donors (Lipinski definition) is 2. The zero-order chi connectivity index (χ0) is 37.3. The molecule has 3 aliphatic heterocycles. The highest BCUT2D eigenvalue weighted by atomic mass is 32.2. The number of para-hydroxylation sites is 1. The molecule has 0 aliphatic carbocycles. The summed E-state index contributed by atoms with van der Waals surface area (Å²) in [5, 5.41) is 13.6. The summed E-state index contributed by atoms with van der Waals surface area (Å²) < 4.78 is 52.6. The lowest BCUT2D eigenvalue weighted by Gasteiger charge is -2.30. The van der Waals surface area contributed by atoms with Gasteiger partial charge in [-0.05, 0) is 42.4 Å². The van der Waals surface area contributed by atoms with Crippen LogP contribution < -0.4 is 14.4 Å². The van der Waals surface area contributed by atoms with Crippen LogP contribution in [0, 0.1) is 17.8 Å². The van der Waals surface area contributed by atoms with E-state index >= 15 is 0 Å². The molecular formula is C37H40N4O10S. The molecule has 52 heavy (non-hydrogen) atoms. The van der Waals surface area contributed by atoms with Gasteiger partial charge in [0.05, 0.1) is 19.1 Å². The molecule has 14 nitrogen and oxygen atoms in total. The van der Waals surface area contributed by atoms with Gasteiger partial charge in [0, 0.05) is 23.5 Å². The number of hydrogen-bond acceptors (Lipinski definition) is 12. The van der Waals surface area contributed by atoms with Crippen molar-refractivity contribution in [1.29, 1.82) is 0 Å². The van der Waals surface area contributed by atoms with Crippen molar-refractivity contribution in [3.05, 3.63) is 82.8 Å². The Balaban J connectivity index is 1.51. The van der Waals surface area contributed by atoms with E-state index in [4.69, 9.17) is 23.3 Å². The Morgan fingerprint density at radius 1 is 1.12 bits per heavy atom. The average molecular weight is 733 g/mol. The number of Topliss-reactive ketones (excluding diaryl/α,β-unsaturated/α-hetero) is 1. The summed E-state index contributed by atoms with van der Waals surface area (Å²) in [4.78, 5) is 49.0. The highest BCUT2D eigenvalue weighted by Crippen LogP contribution is 2.62. The minimum absolute atomic E-state index is 0.0609. The van der Waals surface area contributed by atoms with Crippen molar-refractivity contribution in [2.45, 2.75) is 70.7 Å². The largest absolute Gasteiger partial charge is 0.467 e. The topological polar surface area (TPSA) is 191 Å². The third-order valence-corrected chi connectivity index (χ3v) is 11.2. The number of nitrogens with zero attached hydrogens (tertiary/aromatic N) is 3. The van der Waals surface area contributed by atoms with Crippen LogP contribution >= 0.6 is 0 Å². The number of fused-ring (bicyclic) bond motifs is 4. The van der Waals surface area contributed by atoms with Gasteiger partial charge < -0.3 is 28.7 Å². The lowest BCUT2D eigenvalue weighted by Crippen LogP contribution is -2.48. The predicted molar refractivity (Wildman–Crippen MR) is 186 cm³/mol. The molecule has 1 spiro atoms. The second-order valence-electron chi connectivity index (χ2n) is 14.3. The fourth-order valence-electron chi connectivity index (χ4n) is 7.47. The number of methoxy groups -OCH3 is 1. The van der Waals surface area contributed by atoms with Crippen LogP contribution in [0.2, 0.25) is 0 Å². The molecule has 2 aromatic heterocycles. The first-order valence-corrected chi connectivity index (χ1v) is 19.0. The van der Waals surface area contributed by atoms with Gasteiger partial charge in [0.1, 0.15) is 29.6 Å². The Morgan fingerprint density at radius 2 is 1.87 bits per heavy atom. The number of rotatable bonds is 8. The standard InChI is InChI=1S/C37H40N4O10S/c1-18(2)28-34-40-29(33-38-24(17-49-33)35(45)48-5)31(51-34)37-22-9-7-8-10-25(22)41(52(6,46)47)36(37)50-27-14-12-20(15-23(27)37)11-13-21(32(44)39-28)16-26(42)30(43)19(3)4/h7-10,12,14-15,17-19,21,28,30,36,43H,11,13,16H2,1-6H3,(H,39,44)/t21?,28-,30-,36?,37-/m0/s1. The highest BCUT2D eigenvalue weighted by molar-refractivity contribution is 7.92. The van der Waals surface area contributed by atoms with Crippen LogP contribution in [0.15, 0.2) is 57.6 Å². The Bertz CT molecular complexity index is 2190. The molecule has 5 atom stereocenters. The molecule has 0 radical (unpaired) electrons. The second kappa shape index (κ2) is 12.9. The van der Waals surface area contributed by atoms with E-state index in [1.807, 2.05) is 32.0 Å². The number of oxazole rings is 2. The number of aryl methyl sites for hydroxylation is 1. The molecule has 0 fully saturated rings. The maximum Gasteiger partial charge on any atom is 0.360 e. The number of nitrogens with one attached hydrogen (secondary N) is 1. The third-order valence-electron chi connectivity index (χ3n) is 10.1. The lowest BCUT2D eigenvalue weighted by atomic mass is 9.72. The van der Waals surface area contributed by atoms with Crippen LogP contribution in [-0.4, -0.2) is 66.8 Å². The molecule has 0 saturated heterocycles. The van der Waals surface area contributed by atoms with Crippen LogP contribution in [0.4, 0.5) is 5.69 Å². The molecular weight excluding hydrogens is 692 g/mol. The lowest BCUT2D eigenvalue weighted by molar-refractivity contribution is -0.135. The van der Waals surface area contributed by atoms with Crippen molar-refractivity contribution in [3.8, 4) is 17.3 Å². The minimum atomic E-state index is -3.96. The SMILES string of the molecule is COC(=O)c1coc(-c2nc3oc2[C@]24c5cc(ccc5OC2N(S(C)(=O)=O)c2ccccc24)CCC(CC(=O)[C@@H](O)C(C)C)C(=O)N[C@H]3C(C)C)n1. The minimum Gasteiger partial charge on any atom is -0.467 e. The summed E-state index contributed by atoms with van der Waals surface area (Å²) in [6.45, 7) is 7.22.